The van der Waals surface area contributed by atoms with Crippen molar-refractivity contribution in [2.45, 2.75) is 45.2 Å². The molecular weight excluding hydrogens is 398 g/mol. The Labute approximate surface area is 180 Å². The molecule has 0 saturated carbocycles. The van der Waals surface area contributed by atoms with Gasteiger partial charge in [0.1, 0.15) is 6.04 Å². The third-order valence-electron chi connectivity index (χ3n) is 5.41. The molecule has 4 rings (SSSR count). The Hall–Kier alpha value is -3.55. The molecule has 8 heteroatoms. The van der Waals surface area contributed by atoms with Crippen LogP contribution in [-0.2, 0) is 16.1 Å². The zero-order valence-corrected chi connectivity index (χ0v) is 17.5. The van der Waals surface area contributed by atoms with Gasteiger partial charge in [-0.25, -0.2) is 4.79 Å². The number of benzene rings is 2. The van der Waals surface area contributed by atoms with Crippen molar-refractivity contribution in [3.05, 3.63) is 53.6 Å². The van der Waals surface area contributed by atoms with Crippen LogP contribution in [0.5, 0.6) is 11.5 Å². The first-order chi connectivity index (χ1) is 14.9. The average Bonchev–Trinajstić information content (AvgIpc) is 3.32. The lowest BCUT2D eigenvalue weighted by Gasteiger charge is -2.13. The molecule has 4 amide bonds. The number of rotatable bonds is 7. The lowest BCUT2D eigenvalue weighted by Crippen LogP contribution is -2.31. The van der Waals surface area contributed by atoms with Crippen LogP contribution in [0, 0.1) is 0 Å². The molecule has 1 saturated heterocycles. The third-order valence-corrected chi connectivity index (χ3v) is 5.41. The standard InChI is InChI=1S/C23H25N3O5/c1-14(2)16-4-6-17(7-5-16)24-21(27)10-8-18-22(28)26(23(29)25-18)12-15-3-9-19-20(11-15)31-13-30-19/h3-7,9,11,14,18H,8,10,12-13H2,1-2H3,(H,24,27)(H,25,29)/t18-/m0/s1. The number of hydrogen-bond acceptors (Lipinski definition) is 5. The maximum atomic E-state index is 12.7. The van der Waals surface area contributed by atoms with Crippen LogP contribution >= 0.6 is 0 Å². The van der Waals surface area contributed by atoms with Crippen LogP contribution in [-0.4, -0.2) is 35.6 Å². The summed E-state index contributed by atoms with van der Waals surface area (Å²) >= 11 is 0. The van der Waals surface area contributed by atoms with Gasteiger partial charge >= 0.3 is 6.03 Å². The smallest absolute Gasteiger partial charge is 0.325 e. The Kier molecular flexibility index (Phi) is 5.79. The summed E-state index contributed by atoms with van der Waals surface area (Å²) in [5.74, 6) is 1.12. The summed E-state index contributed by atoms with van der Waals surface area (Å²) < 4.78 is 10.6. The van der Waals surface area contributed by atoms with E-state index >= 15 is 0 Å². The number of fused-ring (bicyclic) bond motifs is 1. The SMILES string of the molecule is CC(C)c1ccc(NC(=O)CC[C@@H]2NC(=O)N(Cc3ccc4c(c3)OCO4)C2=O)cc1. The predicted octanol–water partition coefficient (Wildman–Crippen LogP) is 3.38. The summed E-state index contributed by atoms with van der Waals surface area (Å²) in [5, 5.41) is 5.50. The first-order valence-electron chi connectivity index (χ1n) is 10.3. The average molecular weight is 423 g/mol. The van der Waals surface area contributed by atoms with Gasteiger partial charge in [0.15, 0.2) is 11.5 Å². The Bertz CT molecular complexity index is 1000. The minimum Gasteiger partial charge on any atom is -0.454 e. The normalized spacial score (nSPS) is 17.3. The molecule has 0 unspecified atom stereocenters. The van der Waals surface area contributed by atoms with Gasteiger partial charge in [-0.2, -0.15) is 0 Å². The Morgan fingerprint density at radius 1 is 1.13 bits per heavy atom. The van der Waals surface area contributed by atoms with E-state index in [-0.39, 0.29) is 38.0 Å². The van der Waals surface area contributed by atoms with E-state index in [1.807, 2.05) is 24.3 Å². The Balaban J connectivity index is 1.30. The fourth-order valence-electron chi connectivity index (χ4n) is 3.59. The summed E-state index contributed by atoms with van der Waals surface area (Å²) in [7, 11) is 0. The fraction of sp³-hybridized carbons (Fsp3) is 0.348. The van der Waals surface area contributed by atoms with Crippen molar-refractivity contribution in [3.8, 4) is 11.5 Å². The minimum absolute atomic E-state index is 0.125. The van der Waals surface area contributed by atoms with Crippen LogP contribution in [0.15, 0.2) is 42.5 Å². The van der Waals surface area contributed by atoms with Crippen molar-refractivity contribution in [1.82, 2.24) is 10.2 Å². The zero-order chi connectivity index (χ0) is 22.0. The van der Waals surface area contributed by atoms with Crippen LogP contribution in [0.25, 0.3) is 0 Å². The van der Waals surface area contributed by atoms with Gasteiger partial charge in [0.05, 0.1) is 6.54 Å². The van der Waals surface area contributed by atoms with Gasteiger partial charge < -0.3 is 20.1 Å². The van der Waals surface area contributed by atoms with Crippen molar-refractivity contribution < 1.29 is 23.9 Å². The second kappa shape index (κ2) is 8.67. The van der Waals surface area contributed by atoms with Crippen molar-refractivity contribution in [2.24, 2.45) is 0 Å². The number of hydrogen-bond donors (Lipinski definition) is 2. The van der Waals surface area contributed by atoms with Gasteiger partial charge in [0.25, 0.3) is 5.91 Å². The molecule has 2 N–H and O–H groups in total. The molecule has 0 spiro atoms. The number of urea groups is 1. The number of carbonyl (C=O) groups excluding carboxylic acids is 3. The van der Waals surface area contributed by atoms with Crippen LogP contribution < -0.4 is 20.1 Å². The van der Waals surface area contributed by atoms with Gasteiger partial charge in [0.2, 0.25) is 12.7 Å². The maximum absolute atomic E-state index is 12.7. The number of nitrogens with zero attached hydrogens (tertiary/aromatic N) is 1. The van der Waals surface area contributed by atoms with Crippen LogP contribution in [0.4, 0.5) is 10.5 Å². The van der Waals surface area contributed by atoms with E-state index < -0.39 is 12.1 Å². The molecule has 8 nitrogen and oxygen atoms in total. The Morgan fingerprint density at radius 3 is 2.61 bits per heavy atom. The highest BCUT2D eigenvalue weighted by molar-refractivity contribution is 6.04. The molecule has 0 radical (unpaired) electrons. The summed E-state index contributed by atoms with van der Waals surface area (Å²) in [6.45, 7) is 4.51. The highest BCUT2D eigenvalue weighted by Crippen LogP contribution is 2.33. The van der Waals surface area contributed by atoms with Gasteiger partial charge in [-0.1, -0.05) is 32.0 Å². The summed E-state index contributed by atoms with van der Waals surface area (Å²) in [5.41, 5.74) is 2.66. The molecule has 2 aromatic carbocycles. The summed E-state index contributed by atoms with van der Waals surface area (Å²) in [4.78, 5) is 38.4. The molecule has 1 atom stereocenters. The molecule has 0 bridgehead atoms. The number of ether oxygens (including phenoxy) is 2. The molecule has 2 heterocycles. The van der Waals surface area contributed by atoms with E-state index in [1.54, 1.807) is 18.2 Å². The first-order valence-corrected chi connectivity index (χ1v) is 10.3. The predicted molar refractivity (Wildman–Crippen MR) is 114 cm³/mol. The first kappa shape index (κ1) is 20.7. The van der Waals surface area contributed by atoms with Crippen molar-refractivity contribution >= 4 is 23.5 Å². The molecule has 0 aliphatic carbocycles. The van der Waals surface area contributed by atoms with Gasteiger partial charge in [0, 0.05) is 12.1 Å². The monoisotopic (exact) mass is 423 g/mol. The van der Waals surface area contributed by atoms with E-state index in [4.69, 9.17) is 9.47 Å². The van der Waals surface area contributed by atoms with Gasteiger partial charge in [-0.05, 0) is 47.7 Å². The van der Waals surface area contributed by atoms with E-state index in [0.717, 1.165) is 10.5 Å². The Morgan fingerprint density at radius 2 is 1.87 bits per heavy atom. The zero-order valence-electron chi connectivity index (χ0n) is 17.5. The molecular formula is C23H25N3O5. The molecule has 2 aliphatic rings. The summed E-state index contributed by atoms with van der Waals surface area (Å²) in [6, 6.07) is 11.8. The molecule has 0 aromatic heterocycles. The van der Waals surface area contributed by atoms with Crippen LogP contribution in [0.1, 0.15) is 43.7 Å². The minimum atomic E-state index is -0.712. The lowest BCUT2D eigenvalue weighted by molar-refractivity contribution is -0.128. The molecule has 2 aliphatic heterocycles. The quantitative estimate of drug-likeness (QED) is 0.666. The second-order valence-corrected chi connectivity index (χ2v) is 7.98. The number of anilines is 1. The highest BCUT2D eigenvalue weighted by atomic mass is 16.7. The van der Waals surface area contributed by atoms with E-state index in [9.17, 15) is 14.4 Å². The van der Waals surface area contributed by atoms with Gasteiger partial charge in [-0.15, -0.1) is 0 Å². The largest absolute Gasteiger partial charge is 0.454 e. The fourth-order valence-corrected chi connectivity index (χ4v) is 3.59. The number of amides is 4. The topological polar surface area (TPSA) is 97.0 Å². The molecule has 2 aromatic rings. The number of imide groups is 1. The second-order valence-electron chi connectivity index (χ2n) is 7.98. The van der Waals surface area contributed by atoms with Crippen molar-refractivity contribution in [3.63, 3.8) is 0 Å². The highest BCUT2D eigenvalue weighted by Gasteiger charge is 2.38. The van der Waals surface area contributed by atoms with E-state index in [0.29, 0.717) is 23.1 Å². The molecule has 1 fully saturated rings. The van der Waals surface area contributed by atoms with Crippen LogP contribution in [0.2, 0.25) is 0 Å². The third kappa shape index (κ3) is 4.63. The lowest BCUT2D eigenvalue weighted by atomic mass is 10.0. The number of nitrogens with one attached hydrogen (secondary N) is 2. The van der Waals surface area contributed by atoms with E-state index in [1.165, 1.54) is 5.56 Å². The van der Waals surface area contributed by atoms with Crippen LogP contribution in [0.3, 0.4) is 0 Å². The maximum Gasteiger partial charge on any atom is 0.325 e. The van der Waals surface area contributed by atoms with Crippen molar-refractivity contribution in [2.75, 3.05) is 12.1 Å². The van der Waals surface area contributed by atoms with Crippen molar-refractivity contribution in [1.29, 1.82) is 0 Å². The molecule has 162 valence electrons. The summed E-state index contributed by atoms with van der Waals surface area (Å²) in [6.07, 6.45) is 0.360. The molecule has 31 heavy (non-hydrogen) atoms. The van der Waals surface area contributed by atoms with Gasteiger partial charge in [-0.3, -0.25) is 14.5 Å². The number of carbonyl (C=O) groups is 3. The van der Waals surface area contributed by atoms with E-state index in [2.05, 4.69) is 24.5 Å².